The SMILES string of the molecule is CC(C)(C)C1(C(=O)O)C=CCC=C1. The lowest BCUT2D eigenvalue weighted by Crippen LogP contribution is -2.40. The highest BCUT2D eigenvalue weighted by Gasteiger charge is 2.44. The van der Waals surface area contributed by atoms with Crippen LogP contribution in [0.25, 0.3) is 0 Å². The molecule has 0 spiro atoms. The Kier molecular flexibility index (Phi) is 2.33. The number of hydrogen-bond donors (Lipinski definition) is 1. The van der Waals surface area contributed by atoms with Crippen LogP contribution >= 0.6 is 0 Å². The van der Waals surface area contributed by atoms with Crippen LogP contribution in [0.3, 0.4) is 0 Å². The predicted octanol–water partition coefficient (Wildman–Crippen LogP) is 2.62. The molecule has 0 unspecified atom stereocenters. The lowest BCUT2D eigenvalue weighted by atomic mass is 9.65. The molecule has 1 N–H and O–H groups in total. The fraction of sp³-hybridized carbons (Fsp3) is 0.545. The zero-order chi connectivity index (χ0) is 10.1. The molecule has 0 aromatic carbocycles. The van der Waals surface area contributed by atoms with Crippen molar-refractivity contribution in [3.8, 4) is 0 Å². The van der Waals surface area contributed by atoms with Crippen molar-refractivity contribution in [2.75, 3.05) is 0 Å². The Morgan fingerprint density at radius 3 is 2.00 bits per heavy atom. The first-order valence-electron chi connectivity index (χ1n) is 4.49. The molecule has 72 valence electrons. The molecule has 1 aliphatic rings. The summed E-state index contributed by atoms with van der Waals surface area (Å²) in [5, 5.41) is 9.22. The fourth-order valence-electron chi connectivity index (χ4n) is 1.61. The molecule has 0 bridgehead atoms. The van der Waals surface area contributed by atoms with Gasteiger partial charge in [-0.2, -0.15) is 0 Å². The number of rotatable bonds is 1. The topological polar surface area (TPSA) is 37.3 Å². The zero-order valence-corrected chi connectivity index (χ0v) is 8.37. The second kappa shape index (κ2) is 3.02. The number of carbonyl (C=O) groups is 1. The summed E-state index contributed by atoms with van der Waals surface area (Å²) in [4.78, 5) is 11.2. The van der Waals surface area contributed by atoms with E-state index in [4.69, 9.17) is 0 Å². The average molecular weight is 180 g/mol. The minimum atomic E-state index is -0.828. The van der Waals surface area contributed by atoms with Crippen LogP contribution in [0, 0.1) is 10.8 Å². The quantitative estimate of drug-likeness (QED) is 0.630. The van der Waals surface area contributed by atoms with E-state index in [0.717, 1.165) is 6.42 Å². The van der Waals surface area contributed by atoms with Gasteiger partial charge in [0.05, 0.1) is 0 Å². The molecule has 2 heteroatoms. The van der Waals surface area contributed by atoms with E-state index in [1.165, 1.54) is 0 Å². The van der Waals surface area contributed by atoms with Gasteiger partial charge in [0.15, 0.2) is 0 Å². The Bertz CT molecular complexity index is 254. The molecule has 0 saturated carbocycles. The van der Waals surface area contributed by atoms with Crippen LogP contribution in [-0.4, -0.2) is 11.1 Å². The van der Waals surface area contributed by atoms with Crippen LogP contribution in [-0.2, 0) is 4.79 Å². The molecular formula is C11H16O2. The molecule has 0 saturated heterocycles. The van der Waals surface area contributed by atoms with E-state index < -0.39 is 11.4 Å². The van der Waals surface area contributed by atoms with Gasteiger partial charge in [0.25, 0.3) is 0 Å². The van der Waals surface area contributed by atoms with Gasteiger partial charge in [0, 0.05) is 0 Å². The van der Waals surface area contributed by atoms with Gasteiger partial charge in [0.1, 0.15) is 5.41 Å². The van der Waals surface area contributed by atoms with E-state index in [-0.39, 0.29) is 5.41 Å². The lowest BCUT2D eigenvalue weighted by Gasteiger charge is -2.37. The predicted molar refractivity (Wildman–Crippen MR) is 52.4 cm³/mol. The molecule has 2 nitrogen and oxygen atoms in total. The largest absolute Gasteiger partial charge is 0.480 e. The first kappa shape index (κ1) is 10.0. The molecule has 0 atom stereocenters. The van der Waals surface area contributed by atoms with Crippen LogP contribution in [0.5, 0.6) is 0 Å². The number of carboxylic acids is 1. The van der Waals surface area contributed by atoms with Crippen molar-refractivity contribution in [2.45, 2.75) is 27.2 Å². The van der Waals surface area contributed by atoms with Crippen molar-refractivity contribution in [2.24, 2.45) is 10.8 Å². The first-order chi connectivity index (χ1) is 5.90. The summed E-state index contributed by atoms with van der Waals surface area (Å²) in [5.41, 5.74) is -1.11. The Labute approximate surface area is 79.0 Å². The molecule has 0 aliphatic heterocycles. The standard InChI is InChI=1S/C11H16O2/c1-10(2,3)11(9(12)13)7-5-4-6-8-11/h5-8H,4H2,1-3H3,(H,12,13). The van der Waals surface area contributed by atoms with Crippen molar-refractivity contribution in [3.63, 3.8) is 0 Å². The summed E-state index contributed by atoms with van der Waals surface area (Å²) >= 11 is 0. The monoisotopic (exact) mass is 180 g/mol. The normalized spacial score (nSPS) is 20.2. The molecule has 0 fully saturated rings. The smallest absolute Gasteiger partial charge is 0.317 e. The second-order valence-corrected chi connectivity index (χ2v) is 4.46. The molecule has 0 amide bonds. The molecule has 0 radical (unpaired) electrons. The number of carboxylic acid groups (broad SMARTS) is 1. The van der Waals surface area contributed by atoms with Gasteiger partial charge in [-0.15, -0.1) is 0 Å². The van der Waals surface area contributed by atoms with E-state index in [1.54, 1.807) is 12.2 Å². The Morgan fingerprint density at radius 1 is 1.31 bits per heavy atom. The average Bonchev–Trinajstić information content (AvgIpc) is 2.03. The molecule has 0 aromatic rings. The van der Waals surface area contributed by atoms with Crippen LogP contribution in [0.15, 0.2) is 24.3 Å². The van der Waals surface area contributed by atoms with Crippen LogP contribution < -0.4 is 0 Å². The van der Waals surface area contributed by atoms with Crippen molar-refractivity contribution < 1.29 is 9.90 Å². The molecule has 0 aromatic heterocycles. The van der Waals surface area contributed by atoms with E-state index in [1.807, 2.05) is 32.9 Å². The molecular weight excluding hydrogens is 164 g/mol. The summed E-state index contributed by atoms with van der Waals surface area (Å²) < 4.78 is 0. The molecule has 1 rings (SSSR count). The van der Waals surface area contributed by atoms with Crippen LogP contribution in [0.2, 0.25) is 0 Å². The minimum Gasteiger partial charge on any atom is -0.480 e. The summed E-state index contributed by atoms with van der Waals surface area (Å²) in [6, 6.07) is 0. The number of allylic oxidation sites excluding steroid dienone is 2. The van der Waals surface area contributed by atoms with Crippen molar-refractivity contribution >= 4 is 5.97 Å². The van der Waals surface area contributed by atoms with E-state index in [0.29, 0.717) is 0 Å². The van der Waals surface area contributed by atoms with Crippen LogP contribution in [0.1, 0.15) is 27.2 Å². The zero-order valence-electron chi connectivity index (χ0n) is 8.37. The molecule has 13 heavy (non-hydrogen) atoms. The van der Waals surface area contributed by atoms with E-state index in [2.05, 4.69) is 0 Å². The van der Waals surface area contributed by atoms with Gasteiger partial charge in [-0.3, -0.25) is 4.79 Å². The van der Waals surface area contributed by atoms with E-state index in [9.17, 15) is 9.90 Å². The Morgan fingerprint density at radius 2 is 1.77 bits per heavy atom. The van der Waals surface area contributed by atoms with Gasteiger partial charge in [0.2, 0.25) is 0 Å². The highest BCUT2D eigenvalue weighted by molar-refractivity contribution is 5.81. The van der Waals surface area contributed by atoms with Gasteiger partial charge in [-0.25, -0.2) is 0 Å². The highest BCUT2D eigenvalue weighted by Crippen LogP contribution is 2.43. The third-order valence-corrected chi connectivity index (χ3v) is 2.63. The highest BCUT2D eigenvalue weighted by atomic mass is 16.4. The van der Waals surface area contributed by atoms with Gasteiger partial charge in [-0.05, 0) is 11.8 Å². The third kappa shape index (κ3) is 1.53. The fourth-order valence-corrected chi connectivity index (χ4v) is 1.61. The maximum Gasteiger partial charge on any atom is 0.317 e. The van der Waals surface area contributed by atoms with Gasteiger partial charge >= 0.3 is 5.97 Å². The molecule has 0 heterocycles. The van der Waals surface area contributed by atoms with Gasteiger partial charge in [-0.1, -0.05) is 45.1 Å². The van der Waals surface area contributed by atoms with Crippen molar-refractivity contribution in [1.82, 2.24) is 0 Å². The lowest BCUT2D eigenvalue weighted by molar-refractivity contribution is -0.148. The second-order valence-electron chi connectivity index (χ2n) is 4.46. The van der Waals surface area contributed by atoms with Crippen LogP contribution in [0.4, 0.5) is 0 Å². The summed E-state index contributed by atoms with van der Waals surface area (Å²) in [5.74, 6) is -0.771. The van der Waals surface area contributed by atoms with E-state index >= 15 is 0 Å². The number of hydrogen-bond acceptors (Lipinski definition) is 1. The maximum absolute atomic E-state index is 11.2. The summed E-state index contributed by atoms with van der Waals surface area (Å²) in [6.07, 6.45) is 8.27. The minimum absolute atomic E-state index is 0.285. The molecule has 1 aliphatic carbocycles. The summed E-state index contributed by atoms with van der Waals surface area (Å²) in [7, 11) is 0. The van der Waals surface area contributed by atoms with Crippen molar-refractivity contribution in [1.29, 1.82) is 0 Å². The maximum atomic E-state index is 11.2. The number of aliphatic carboxylic acids is 1. The Balaban J connectivity index is 3.16. The third-order valence-electron chi connectivity index (χ3n) is 2.63. The van der Waals surface area contributed by atoms with Gasteiger partial charge < -0.3 is 5.11 Å². The summed E-state index contributed by atoms with van der Waals surface area (Å²) in [6.45, 7) is 5.84. The first-order valence-corrected chi connectivity index (χ1v) is 4.49. The Hall–Kier alpha value is -1.05. The van der Waals surface area contributed by atoms with Crippen molar-refractivity contribution in [3.05, 3.63) is 24.3 Å².